The highest BCUT2D eigenvalue weighted by atomic mass is 16.5. The van der Waals surface area contributed by atoms with Crippen LogP contribution in [0.2, 0.25) is 0 Å². The predicted molar refractivity (Wildman–Crippen MR) is 218 cm³/mol. The molecule has 0 unspecified atom stereocenters. The monoisotopic (exact) mass is 744 g/mol. The number of Topliss-reactive ketones (excluding diaryl/α,β-unsaturated/α-hetero) is 1. The van der Waals surface area contributed by atoms with Gasteiger partial charge in [0.15, 0.2) is 5.78 Å². The molecule has 0 saturated heterocycles. The Hall–Kier alpha value is -3.70. The maximum absolute atomic E-state index is 14.9. The first-order chi connectivity index (χ1) is 25.5. The van der Waals surface area contributed by atoms with Gasteiger partial charge in [-0.15, -0.1) is 6.42 Å². The summed E-state index contributed by atoms with van der Waals surface area (Å²) in [5.41, 5.74) is 5.40. The molecule has 2 fully saturated rings. The maximum Gasteiger partial charge on any atom is 0.248 e. The van der Waals surface area contributed by atoms with Crippen LogP contribution in [0.4, 0.5) is 0 Å². The van der Waals surface area contributed by atoms with Crippen molar-refractivity contribution in [1.29, 1.82) is 0 Å². The first-order valence-electron chi connectivity index (χ1n) is 20.4. The van der Waals surface area contributed by atoms with Crippen molar-refractivity contribution >= 4 is 28.2 Å². The van der Waals surface area contributed by atoms with Crippen molar-refractivity contribution in [2.75, 3.05) is 0 Å². The Morgan fingerprint density at radius 1 is 1.11 bits per heavy atom. The van der Waals surface area contributed by atoms with Crippen molar-refractivity contribution in [3.8, 4) is 12.3 Å². The Bertz CT molecular complexity index is 2240. The summed E-state index contributed by atoms with van der Waals surface area (Å²) in [7, 11) is 0. The second-order valence-corrected chi connectivity index (χ2v) is 20.3. The van der Waals surface area contributed by atoms with Crippen molar-refractivity contribution in [3.63, 3.8) is 0 Å². The van der Waals surface area contributed by atoms with E-state index in [2.05, 4.69) is 89.1 Å². The number of aromatic nitrogens is 1. The van der Waals surface area contributed by atoms with Gasteiger partial charge < -0.3 is 24.8 Å². The molecular formula is C48H60N2O5. The van der Waals surface area contributed by atoms with E-state index in [0.717, 1.165) is 58.9 Å². The summed E-state index contributed by atoms with van der Waals surface area (Å²) in [5, 5.41) is 28.1. The number of aliphatic hydroxyl groups excluding tert-OH is 2. The van der Waals surface area contributed by atoms with Gasteiger partial charge in [-0.2, -0.15) is 0 Å². The topological polar surface area (TPSA) is 101 Å². The molecular weight excluding hydrogens is 685 g/mol. The van der Waals surface area contributed by atoms with E-state index in [-0.39, 0.29) is 34.4 Å². The first-order valence-corrected chi connectivity index (χ1v) is 20.4. The van der Waals surface area contributed by atoms with E-state index >= 15 is 0 Å². The van der Waals surface area contributed by atoms with Crippen molar-refractivity contribution in [1.82, 2.24) is 9.88 Å². The standard InChI is InChI=1S/C48H60N2O5/c1-14-43(5,6)49-42(54)26(4)16-15-20-46(11)32-18-17-27-22-30-29-23-28-31-24-44(7,8)55-45(9,10)36(31)39(52)34(28)35-38(29)50(37(25(2)3)40(35)53)41(30)48(27,13)47(32,12)21-19-33(46)51/h1,15-16,20,23-24,27,32-33,36-37,39,51-52H,2,17-19,21-22H2,3-13H3,(H,49,54)/b20-15+,26-16+/t27-,32-,33-,36+,37-,39+,46-,47-,48+/m0/s1. The van der Waals surface area contributed by atoms with Gasteiger partial charge in [-0.25, -0.2) is 0 Å². The van der Waals surface area contributed by atoms with Crippen LogP contribution >= 0.6 is 0 Å². The summed E-state index contributed by atoms with van der Waals surface area (Å²) in [4.78, 5) is 27.9. The number of rotatable bonds is 5. The quantitative estimate of drug-likeness (QED) is 0.123. The first kappa shape index (κ1) is 38.2. The van der Waals surface area contributed by atoms with Crippen molar-refractivity contribution in [2.45, 2.75) is 149 Å². The third-order valence-electron chi connectivity index (χ3n) is 15.6. The van der Waals surface area contributed by atoms with E-state index in [9.17, 15) is 19.8 Å². The largest absolute Gasteiger partial charge is 0.392 e. The molecule has 55 heavy (non-hydrogen) atoms. The van der Waals surface area contributed by atoms with E-state index < -0.39 is 40.4 Å². The van der Waals surface area contributed by atoms with Gasteiger partial charge in [-0.1, -0.05) is 57.1 Å². The van der Waals surface area contributed by atoms with Crippen LogP contribution in [0.5, 0.6) is 0 Å². The molecule has 7 nitrogen and oxygen atoms in total. The van der Waals surface area contributed by atoms with Crippen LogP contribution in [0, 0.1) is 40.9 Å². The number of nitrogens with one attached hydrogen (secondary N) is 1. The van der Waals surface area contributed by atoms with E-state index in [1.807, 2.05) is 19.1 Å². The van der Waals surface area contributed by atoms with Gasteiger partial charge in [0.25, 0.3) is 0 Å². The molecule has 2 aromatic rings. The van der Waals surface area contributed by atoms with Gasteiger partial charge in [0.05, 0.1) is 40.0 Å². The number of amides is 1. The molecule has 2 saturated carbocycles. The van der Waals surface area contributed by atoms with Crippen LogP contribution in [-0.2, 0) is 21.4 Å². The number of hydrogen-bond acceptors (Lipinski definition) is 5. The Morgan fingerprint density at radius 3 is 2.45 bits per heavy atom. The Labute approximate surface area is 327 Å². The second-order valence-electron chi connectivity index (χ2n) is 20.3. The van der Waals surface area contributed by atoms with Crippen molar-refractivity contribution < 1.29 is 24.5 Å². The van der Waals surface area contributed by atoms with Crippen LogP contribution in [0.25, 0.3) is 16.5 Å². The molecule has 8 rings (SSSR count). The van der Waals surface area contributed by atoms with Crippen LogP contribution in [0.15, 0.2) is 48.1 Å². The number of fused-ring (bicyclic) bond motifs is 11. The molecule has 6 aliphatic rings. The lowest BCUT2D eigenvalue weighted by Gasteiger charge is -2.64. The third-order valence-corrected chi connectivity index (χ3v) is 15.6. The van der Waals surface area contributed by atoms with Gasteiger partial charge >= 0.3 is 0 Å². The molecule has 1 aromatic carbocycles. The van der Waals surface area contributed by atoms with E-state index in [1.54, 1.807) is 20.8 Å². The highest BCUT2D eigenvalue weighted by molar-refractivity contribution is 6.18. The summed E-state index contributed by atoms with van der Waals surface area (Å²) in [5.74, 6) is 2.66. The van der Waals surface area contributed by atoms with Crippen LogP contribution in [0.1, 0.15) is 147 Å². The fourth-order valence-corrected chi connectivity index (χ4v) is 13.0. The lowest BCUT2D eigenvalue weighted by molar-refractivity contribution is -0.144. The van der Waals surface area contributed by atoms with Crippen molar-refractivity contribution in [3.05, 3.63) is 76.0 Å². The molecule has 0 radical (unpaired) electrons. The van der Waals surface area contributed by atoms with Crippen molar-refractivity contribution in [2.24, 2.45) is 28.6 Å². The summed E-state index contributed by atoms with van der Waals surface area (Å²) >= 11 is 0. The zero-order chi connectivity index (χ0) is 40.2. The number of terminal acetylenes is 1. The summed E-state index contributed by atoms with van der Waals surface area (Å²) in [6.07, 6.45) is 16.7. The molecule has 0 spiro atoms. The van der Waals surface area contributed by atoms with E-state index in [0.29, 0.717) is 23.5 Å². The maximum atomic E-state index is 14.9. The number of ketones is 1. The highest BCUT2D eigenvalue weighted by Crippen LogP contribution is 2.71. The molecule has 4 aliphatic carbocycles. The highest BCUT2D eigenvalue weighted by Gasteiger charge is 2.67. The minimum atomic E-state index is -0.863. The van der Waals surface area contributed by atoms with Crippen LogP contribution in [0.3, 0.4) is 0 Å². The number of ether oxygens (including phenoxy) is 1. The lowest BCUT2D eigenvalue weighted by Crippen LogP contribution is -2.62. The van der Waals surface area contributed by atoms with Crippen LogP contribution < -0.4 is 5.32 Å². The molecule has 9 atom stereocenters. The Balaban J connectivity index is 1.28. The molecule has 292 valence electrons. The summed E-state index contributed by atoms with van der Waals surface area (Å²) < 4.78 is 8.90. The van der Waals surface area contributed by atoms with Gasteiger partial charge in [-0.3, -0.25) is 9.59 Å². The SMILES string of the molecule is C#CC(C)(C)NC(=O)/C(C)=C/C=C/[C@]1(C)[C@@H](O)CC[C@@]2(C)[C@H]1CC[C@H]1Cc3c(n4c5c(c6c(cc35)C3=CC(C)(C)OC(C)(C)[C@H]3[C@@H]6O)C(=O)[C@@H]4C(=C)C)[C@@]12C. The van der Waals surface area contributed by atoms with Gasteiger partial charge in [0, 0.05) is 39.0 Å². The average molecular weight is 745 g/mol. The Kier molecular flexibility index (Phi) is 8.11. The zero-order valence-corrected chi connectivity index (χ0v) is 34.7. The number of allylic oxidation sites excluding steroid dienone is 3. The van der Waals surface area contributed by atoms with Gasteiger partial charge in [-0.05, 0) is 134 Å². The molecule has 7 heteroatoms. The zero-order valence-electron chi connectivity index (χ0n) is 34.7. The minimum Gasteiger partial charge on any atom is -0.392 e. The fourth-order valence-electron chi connectivity index (χ4n) is 13.0. The summed E-state index contributed by atoms with van der Waals surface area (Å²) in [6, 6.07) is 1.76. The minimum absolute atomic E-state index is 0.0247. The van der Waals surface area contributed by atoms with Gasteiger partial charge in [0.1, 0.15) is 6.04 Å². The lowest BCUT2D eigenvalue weighted by atomic mass is 9.40. The number of hydrogen-bond donors (Lipinski definition) is 3. The molecule has 0 bridgehead atoms. The predicted octanol–water partition coefficient (Wildman–Crippen LogP) is 8.63. The molecule has 3 heterocycles. The molecule has 3 N–H and O–H groups in total. The number of benzene rings is 1. The number of carbonyl (C=O) groups is 2. The number of aliphatic hydroxyl groups is 2. The van der Waals surface area contributed by atoms with E-state index in [4.69, 9.17) is 11.2 Å². The molecule has 1 aromatic heterocycles. The smallest absolute Gasteiger partial charge is 0.248 e. The molecule has 1 amide bonds. The molecule has 2 aliphatic heterocycles. The Morgan fingerprint density at radius 2 is 1.80 bits per heavy atom. The number of nitrogens with zero attached hydrogens (tertiary/aromatic N) is 1. The van der Waals surface area contributed by atoms with Crippen LogP contribution in [-0.4, -0.2) is 49.3 Å². The number of carbonyl (C=O) groups excluding carboxylic acids is 2. The fraction of sp³-hybridized carbons (Fsp3) is 0.583. The third kappa shape index (κ3) is 4.93. The van der Waals surface area contributed by atoms with E-state index in [1.165, 1.54) is 11.3 Å². The summed E-state index contributed by atoms with van der Waals surface area (Å²) in [6.45, 7) is 27.1. The van der Waals surface area contributed by atoms with Gasteiger partial charge in [0.2, 0.25) is 5.91 Å². The average Bonchev–Trinajstić information content (AvgIpc) is 3.75. The normalized spacial score (nSPS) is 36.8. The second kappa shape index (κ2) is 11.7.